The highest BCUT2D eigenvalue weighted by molar-refractivity contribution is 6.31. The summed E-state index contributed by atoms with van der Waals surface area (Å²) < 4.78 is 0. The number of hydrogen-bond acceptors (Lipinski definition) is 1. The first-order valence-electron chi connectivity index (χ1n) is 5.23. The zero-order valence-corrected chi connectivity index (χ0v) is 9.93. The van der Waals surface area contributed by atoms with Gasteiger partial charge in [0.15, 0.2) is 0 Å². The Morgan fingerprint density at radius 1 is 1.40 bits per heavy atom. The summed E-state index contributed by atoms with van der Waals surface area (Å²) in [5.41, 5.74) is 9.73. The van der Waals surface area contributed by atoms with E-state index in [9.17, 15) is 0 Å². The van der Waals surface area contributed by atoms with Gasteiger partial charge in [0, 0.05) is 11.6 Å². The maximum absolute atomic E-state index is 6.16. The highest BCUT2D eigenvalue weighted by Gasteiger charge is 2.26. The molecule has 2 N–H and O–H groups in total. The minimum atomic E-state index is 0.0718. The molecule has 2 rings (SSSR count). The molecule has 0 fully saturated rings. The van der Waals surface area contributed by atoms with Crippen molar-refractivity contribution in [1.82, 2.24) is 0 Å². The van der Waals surface area contributed by atoms with Gasteiger partial charge in [-0.2, -0.15) is 0 Å². The molecule has 0 spiro atoms. The van der Waals surface area contributed by atoms with E-state index >= 15 is 0 Å². The molecule has 0 saturated heterocycles. The summed E-state index contributed by atoms with van der Waals surface area (Å²) in [5, 5.41) is 0.867. The molecule has 80 valence electrons. The number of rotatable bonds is 2. The predicted octanol–water partition coefficient (Wildman–Crippen LogP) is 3.26. The Hall–Kier alpha value is -0.790. The molecule has 0 radical (unpaired) electrons. The molecule has 0 bridgehead atoms. The SMILES string of the molecule is CC(C)(CN)C1=Cc2cccc(Cl)c2C1. The first-order chi connectivity index (χ1) is 7.04. The van der Waals surface area contributed by atoms with E-state index in [-0.39, 0.29) is 5.41 Å². The topological polar surface area (TPSA) is 26.0 Å². The van der Waals surface area contributed by atoms with E-state index in [1.807, 2.05) is 12.1 Å². The molecular weight excluding hydrogens is 206 g/mol. The first kappa shape index (κ1) is 10.7. The molecule has 2 heteroatoms. The van der Waals surface area contributed by atoms with Gasteiger partial charge in [-0.25, -0.2) is 0 Å². The summed E-state index contributed by atoms with van der Waals surface area (Å²) in [4.78, 5) is 0. The molecule has 0 atom stereocenters. The molecule has 0 saturated carbocycles. The van der Waals surface area contributed by atoms with Crippen molar-refractivity contribution in [2.45, 2.75) is 20.3 Å². The zero-order chi connectivity index (χ0) is 11.1. The van der Waals surface area contributed by atoms with Gasteiger partial charge in [-0.15, -0.1) is 0 Å². The van der Waals surface area contributed by atoms with Gasteiger partial charge in [-0.3, -0.25) is 0 Å². The Morgan fingerprint density at radius 2 is 2.13 bits per heavy atom. The van der Waals surface area contributed by atoms with Crippen LogP contribution in [0.15, 0.2) is 23.8 Å². The van der Waals surface area contributed by atoms with Crippen molar-refractivity contribution in [1.29, 1.82) is 0 Å². The lowest BCUT2D eigenvalue weighted by atomic mass is 9.83. The van der Waals surface area contributed by atoms with E-state index in [1.54, 1.807) is 0 Å². The minimum absolute atomic E-state index is 0.0718. The zero-order valence-electron chi connectivity index (χ0n) is 9.18. The second-order valence-electron chi connectivity index (χ2n) is 4.74. The fourth-order valence-electron chi connectivity index (χ4n) is 1.89. The van der Waals surface area contributed by atoms with Crippen molar-refractivity contribution < 1.29 is 0 Å². The molecule has 0 aliphatic heterocycles. The van der Waals surface area contributed by atoms with Crippen molar-refractivity contribution in [2.75, 3.05) is 6.54 Å². The van der Waals surface area contributed by atoms with Crippen LogP contribution >= 0.6 is 11.6 Å². The molecule has 1 aromatic rings. The molecule has 15 heavy (non-hydrogen) atoms. The summed E-state index contributed by atoms with van der Waals surface area (Å²) >= 11 is 6.16. The van der Waals surface area contributed by atoms with Crippen LogP contribution in [-0.4, -0.2) is 6.54 Å². The van der Waals surface area contributed by atoms with Crippen molar-refractivity contribution in [3.05, 3.63) is 39.9 Å². The molecule has 0 unspecified atom stereocenters. The van der Waals surface area contributed by atoms with Crippen LogP contribution in [0.1, 0.15) is 25.0 Å². The predicted molar refractivity (Wildman–Crippen MR) is 66.0 cm³/mol. The summed E-state index contributed by atoms with van der Waals surface area (Å²) in [6.07, 6.45) is 3.17. The normalized spacial score (nSPS) is 15.1. The van der Waals surface area contributed by atoms with E-state index in [0.29, 0.717) is 6.54 Å². The molecule has 1 aromatic carbocycles. The van der Waals surface area contributed by atoms with Crippen molar-refractivity contribution >= 4 is 17.7 Å². The largest absolute Gasteiger partial charge is 0.330 e. The fraction of sp³-hybridized carbons (Fsp3) is 0.385. The van der Waals surface area contributed by atoms with Crippen LogP contribution < -0.4 is 5.73 Å². The Morgan fingerprint density at radius 3 is 2.73 bits per heavy atom. The number of benzene rings is 1. The molecule has 1 aliphatic rings. The lowest BCUT2D eigenvalue weighted by Crippen LogP contribution is -2.25. The monoisotopic (exact) mass is 221 g/mol. The Kier molecular flexibility index (Phi) is 2.61. The third kappa shape index (κ3) is 1.82. The maximum Gasteiger partial charge on any atom is 0.0447 e. The maximum atomic E-state index is 6.16. The third-order valence-electron chi connectivity index (χ3n) is 3.23. The molecule has 1 nitrogen and oxygen atoms in total. The Bertz CT molecular complexity index is 419. The van der Waals surface area contributed by atoms with Gasteiger partial charge in [0.2, 0.25) is 0 Å². The van der Waals surface area contributed by atoms with Crippen LogP contribution in [0.5, 0.6) is 0 Å². The number of nitrogens with two attached hydrogens (primary N) is 1. The van der Waals surface area contributed by atoms with Crippen LogP contribution in [0, 0.1) is 5.41 Å². The highest BCUT2D eigenvalue weighted by atomic mass is 35.5. The van der Waals surface area contributed by atoms with Crippen LogP contribution in [0.2, 0.25) is 5.02 Å². The average molecular weight is 222 g/mol. The third-order valence-corrected chi connectivity index (χ3v) is 3.59. The minimum Gasteiger partial charge on any atom is -0.330 e. The summed E-state index contributed by atoms with van der Waals surface area (Å²) in [5.74, 6) is 0. The van der Waals surface area contributed by atoms with Crippen molar-refractivity contribution in [3.63, 3.8) is 0 Å². The lowest BCUT2D eigenvalue weighted by Gasteiger charge is -2.24. The Balaban J connectivity index is 2.37. The molecule has 0 amide bonds. The second kappa shape index (κ2) is 3.66. The summed E-state index contributed by atoms with van der Waals surface area (Å²) in [6.45, 7) is 5.03. The summed E-state index contributed by atoms with van der Waals surface area (Å²) in [6, 6.07) is 6.06. The smallest absolute Gasteiger partial charge is 0.0447 e. The standard InChI is InChI=1S/C13H16ClN/c1-13(2,8-15)10-6-9-4-3-5-12(14)11(9)7-10/h3-6H,7-8,15H2,1-2H3. The van der Waals surface area contributed by atoms with E-state index in [0.717, 1.165) is 11.4 Å². The van der Waals surface area contributed by atoms with Gasteiger partial charge in [0.25, 0.3) is 0 Å². The highest BCUT2D eigenvalue weighted by Crippen LogP contribution is 2.38. The van der Waals surface area contributed by atoms with Gasteiger partial charge in [0.05, 0.1) is 0 Å². The van der Waals surface area contributed by atoms with Gasteiger partial charge < -0.3 is 5.73 Å². The van der Waals surface area contributed by atoms with Crippen LogP contribution in [-0.2, 0) is 6.42 Å². The van der Waals surface area contributed by atoms with E-state index in [4.69, 9.17) is 17.3 Å². The fourth-order valence-corrected chi connectivity index (χ4v) is 2.14. The van der Waals surface area contributed by atoms with Gasteiger partial charge >= 0.3 is 0 Å². The molecule has 0 heterocycles. The number of halogens is 1. The first-order valence-corrected chi connectivity index (χ1v) is 5.61. The summed E-state index contributed by atoms with van der Waals surface area (Å²) in [7, 11) is 0. The van der Waals surface area contributed by atoms with E-state index < -0.39 is 0 Å². The van der Waals surface area contributed by atoms with Gasteiger partial charge in [-0.1, -0.05) is 49.2 Å². The van der Waals surface area contributed by atoms with E-state index in [1.165, 1.54) is 16.7 Å². The second-order valence-corrected chi connectivity index (χ2v) is 5.15. The lowest BCUT2D eigenvalue weighted by molar-refractivity contribution is 0.456. The molecular formula is C13H16ClN. The van der Waals surface area contributed by atoms with Gasteiger partial charge in [-0.05, 0) is 29.0 Å². The Labute approximate surface area is 95.9 Å². The number of hydrogen-bond donors (Lipinski definition) is 1. The van der Waals surface area contributed by atoms with Crippen LogP contribution in [0.25, 0.3) is 6.08 Å². The van der Waals surface area contributed by atoms with Crippen LogP contribution in [0.4, 0.5) is 0 Å². The van der Waals surface area contributed by atoms with E-state index in [2.05, 4.69) is 26.0 Å². The van der Waals surface area contributed by atoms with Crippen LogP contribution in [0.3, 0.4) is 0 Å². The van der Waals surface area contributed by atoms with Crippen molar-refractivity contribution in [3.8, 4) is 0 Å². The van der Waals surface area contributed by atoms with Gasteiger partial charge in [0.1, 0.15) is 0 Å². The molecule has 0 aromatic heterocycles. The molecule has 1 aliphatic carbocycles. The van der Waals surface area contributed by atoms with Crippen molar-refractivity contribution in [2.24, 2.45) is 11.1 Å². The average Bonchev–Trinajstić information content (AvgIpc) is 2.64. The quantitative estimate of drug-likeness (QED) is 0.815. The number of fused-ring (bicyclic) bond motifs is 1.